The summed E-state index contributed by atoms with van der Waals surface area (Å²) >= 11 is 0. The molecule has 33 heavy (non-hydrogen) atoms. The van der Waals surface area contributed by atoms with Gasteiger partial charge in [0.25, 0.3) is 5.91 Å². The van der Waals surface area contributed by atoms with Gasteiger partial charge in [-0.05, 0) is 38.1 Å². The number of aryl methyl sites for hydroxylation is 1. The molecule has 1 atom stereocenters. The van der Waals surface area contributed by atoms with E-state index in [1.165, 1.54) is 4.90 Å². The van der Waals surface area contributed by atoms with Crippen molar-refractivity contribution in [1.82, 2.24) is 24.6 Å². The second-order valence-corrected chi connectivity index (χ2v) is 7.80. The SMILES string of the molecule is CCn1nccc1-c1cc(C(N)=O)nc(-c2cccc(C#CC(C)(O)CCN(C)C=O)c2)n1. The van der Waals surface area contributed by atoms with Crippen molar-refractivity contribution in [3.05, 3.63) is 53.9 Å². The van der Waals surface area contributed by atoms with Crippen molar-refractivity contribution in [1.29, 1.82) is 0 Å². The van der Waals surface area contributed by atoms with Crippen LogP contribution in [0.25, 0.3) is 22.8 Å². The molecular formula is C24H26N6O3. The van der Waals surface area contributed by atoms with E-state index >= 15 is 0 Å². The Labute approximate surface area is 192 Å². The molecule has 0 bridgehead atoms. The van der Waals surface area contributed by atoms with Gasteiger partial charge in [0, 0.05) is 43.9 Å². The molecule has 0 radical (unpaired) electrons. The second-order valence-electron chi connectivity index (χ2n) is 7.80. The fourth-order valence-electron chi connectivity index (χ4n) is 3.09. The molecule has 0 saturated heterocycles. The van der Waals surface area contributed by atoms with Gasteiger partial charge in [0.1, 0.15) is 11.3 Å². The van der Waals surface area contributed by atoms with Crippen molar-refractivity contribution >= 4 is 12.3 Å². The number of rotatable bonds is 8. The summed E-state index contributed by atoms with van der Waals surface area (Å²) in [4.78, 5) is 33.0. The van der Waals surface area contributed by atoms with E-state index in [-0.39, 0.29) is 5.69 Å². The molecule has 0 aliphatic heterocycles. The van der Waals surface area contributed by atoms with Gasteiger partial charge in [-0.15, -0.1) is 0 Å². The molecule has 9 heteroatoms. The van der Waals surface area contributed by atoms with E-state index in [0.29, 0.717) is 48.6 Å². The summed E-state index contributed by atoms with van der Waals surface area (Å²) in [5.74, 6) is 5.48. The van der Waals surface area contributed by atoms with Gasteiger partial charge in [-0.3, -0.25) is 14.3 Å². The highest BCUT2D eigenvalue weighted by atomic mass is 16.3. The van der Waals surface area contributed by atoms with Crippen LogP contribution >= 0.6 is 0 Å². The number of primary amides is 1. The molecule has 2 aromatic heterocycles. The highest BCUT2D eigenvalue weighted by Gasteiger charge is 2.18. The predicted octanol–water partition coefficient (Wildman–Crippen LogP) is 1.71. The lowest BCUT2D eigenvalue weighted by atomic mass is 10.0. The number of nitrogens with two attached hydrogens (primary N) is 1. The van der Waals surface area contributed by atoms with Crippen molar-refractivity contribution < 1.29 is 14.7 Å². The predicted molar refractivity (Wildman–Crippen MR) is 124 cm³/mol. The van der Waals surface area contributed by atoms with Crippen LogP contribution in [0, 0.1) is 11.8 Å². The summed E-state index contributed by atoms with van der Waals surface area (Å²) < 4.78 is 1.77. The van der Waals surface area contributed by atoms with Crippen LogP contribution in [-0.4, -0.2) is 61.3 Å². The Hall–Kier alpha value is -4.03. The summed E-state index contributed by atoms with van der Waals surface area (Å²) in [6.45, 7) is 4.59. The fourth-order valence-corrected chi connectivity index (χ4v) is 3.09. The number of hydrogen-bond acceptors (Lipinski definition) is 6. The van der Waals surface area contributed by atoms with Crippen LogP contribution in [0.2, 0.25) is 0 Å². The molecule has 3 N–H and O–H groups in total. The van der Waals surface area contributed by atoms with Gasteiger partial charge in [-0.25, -0.2) is 9.97 Å². The van der Waals surface area contributed by atoms with Crippen molar-refractivity contribution in [2.24, 2.45) is 5.73 Å². The van der Waals surface area contributed by atoms with Crippen LogP contribution in [0.15, 0.2) is 42.6 Å². The van der Waals surface area contributed by atoms with Gasteiger partial charge in [0.2, 0.25) is 6.41 Å². The van der Waals surface area contributed by atoms with E-state index < -0.39 is 11.5 Å². The van der Waals surface area contributed by atoms with Crippen LogP contribution in [0.1, 0.15) is 36.3 Å². The number of nitrogens with zero attached hydrogens (tertiary/aromatic N) is 5. The lowest BCUT2D eigenvalue weighted by molar-refractivity contribution is -0.117. The topological polar surface area (TPSA) is 127 Å². The summed E-state index contributed by atoms with van der Waals surface area (Å²) in [5, 5.41) is 14.8. The van der Waals surface area contributed by atoms with Gasteiger partial charge in [0.05, 0.1) is 11.4 Å². The van der Waals surface area contributed by atoms with E-state index in [1.807, 2.05) is 19.1 Å². The van der Waals surface area contributed by atoms with Crippen LogP contribution < -0.4 is 5.73 Å². The van der Waals surface area contributed by atoms with Gasteiger partial charge in [-0.1, -0.05) is 24.0 Å². The second kappa shape index (κ2) is 10.1. The Morgan fingerprint density at radius 1 is 1.30 bits per heavy atom. The third-order valence-electron chi connectivity index (χ3n) is 4.99. The molecule has 170 valence electrons. The zero-order valence-corrected chi connectivity index (χ0v) is 18.8. The maximum absolute atomic E-state index is 11.9. The van der Waals surface area contributed by atoms with E-state index in [9.17, 15) is 14.7 Å². The maximum Gasteiger partial charge on any atom is 0.267 e. The summed E-state index contributed by atoms with van der Waals surface area (Å²) in [6.07, 6.45) is 2.68. The van der Waals surface area contributed by atoms with Crippen molar-refractivity contribution in [2.75, 3.05) is 13.6 Å². The molecule has 1 unspecified atom stereocenters. The average molecular weight is 447 g/mol. The molecule has 9 nitrogen and oxygen atoms in total. The number of aromatic nitrogens is 4. The molecule has 0 aliphatic carbocycles. The minimum atomic E-state index is -1.26. The first-order chi connectivity index (χ1) is 15.7. The number of carbonyl (C=O) groups excluding carboxylic acids is 2. The highest BCUT2D eigenvalue weighted by Crippen LogP contribution is 2.23. The van der Waals surface area contributed by atoms with Crippen LogP contribution in [-0.2, 0) is 11.3 Å². The molecule has 3 aromatic rings. The number of hydrogen-bond donors (Lipinski definition) is 2. The van der Waals surface area contributed by atoms with Crippen LogP contribution in [0.4, 0.5) is 0 Å². The summed E-state index contributed by atoms with van der Waals surface area (Å²) in [5.41, 5.74) is 6.92. The van der Waals surface area contributed by atoms with Crippen LogP contribution in [0.3, 0.4) is 0 Å². The molecule has 2 heterocycles. The monoisotopic (exact) mass is 446 g/mol. The summed E-state index contributed by atoms with van der Waals surface area (Å²) in [7, 11) is 1.64. The van der Waals surface area contributed by atoms with Gasteiger partial charge < -0.3 is 15.7 Å². The lowest BCUT2D eigenvalue weighted by Crippen LogP contribution is -2.29. The Kier molecular flexibility index (Phi) is 7.20. The molecule has 0 spiro atoms. The largest absolute Gasteiger partial charge is 0.378 e. The molecular weight excluding hydrogens is 420 g/mol. The normalized spacial score (nSPS) is 12.4. The van der Waals surface area contributed by atoms with E-state index in [4.69, 9.17) is 5.73 Å². The summed E-state index contributed by atoms with van der Waals surface area (Å²) in [6, 6.07) is 10.5. The maximum atomic E-state index is 11.9. The van der Waals surface area contributed by atoms with Crippen molar-refractivity contribution in [3.63, 3.8) is 0 Å². The Morgan fingerprint density at radius 3 is 2.79 bits per heavy atom. The third-order valence-corrected chi connectivity index (χ3v) is 4.99. The first-order valence-corrected chi connectivity index (χ1v) is 10.4. The van der Waals surface area contributed by atoms with Gasteiger partial charge in [-0.2, -0.15) is 5.10 Å². The zero-order valence-electron chi connectivity index (χ0n) is 18.8. The fraction of sp³-hybridized carbons (Fsp3) is 0.292. The quantitative estimate of drug-likeness (QED) is 0.401. The average Bonchev–Trinajstić information content (AvgIpc) is 3.30. The van der Waals surface area contributed by atoms with E-state index in [1.54, 1.807) is 49.1 Å². The van der Waals surface area contributed by atoms with E-state index in [0.717, 1.165) is 5.69 Å². The minimum absolute atomic E-state index is 0.0950. The first-order valence-electron chi connectivity index (χ1n) is 10.4. The number of benzene rings is 1. The Morgan fingerprint density at radius 2 is 2.09 bits per heavy atom. The van der Waals surface area contributed by atoms with Crippen molar-refractivity contribution in [3.8, 4) is 34.6 Å². The number of carbonyl (C=O) groups is 2. The molecule has 0 fully saturated rings. The van der Waals surface area contributed by atoms with E-state index in [2.05, 4.69) is 26.9 Å². The highest BCUT2D eigenvalue weighted by molar-refractivity contribution is 5.92. The van der Waals surface area contributed by atoms with Crippen molar-refractivity contribution in [2.45, 2.75) is 32.4 Å². The standard InChI is InChI=1S/C24H26N6O3/c1-4-30-21(9-12-26-30)19-15-20(22(25)32)28-23(27-19)18-7-5-6-17(14-18)8-10-24(2,33)11-13-29(3)16-31/h5-7,9,12,14-16,33H,4,11,13H2,1-3H3,(H2,25,32). The molecule has 0 saturated carbocycles. The third kappa shape index (κ3) is 6.02. The Balaban J connectivity index is 1.96. The molecule has 0 aliphatic rings. The number of amides is 2. The molecule has 1 aromatic carbocycles. The van der Waals surface area contributed by atoms with Gasteiger partial charge in [0.15, 0.2) is 5.82 Å². The number of aliphatic hydroxyl groups is 1. The lowest BCUT2D eigenvalue weighted by Gasteiger charge is -2.19. The van der Waals surface area contributed by atoms with Gasteiger partial charge >= 0.3 is 0 Å². The smallest absolute Gasteiger partial charge is 0.267 e. The molecule has 2 amide bonds. The minimum Gasteiger partial charge on any atom is -0.378 e. The molecule has 3 rings (SSSR count). The Bertz CT molecular complexity index is 1220. The van der Waals surface area contributed by atoms with Crippen LogP contribution in [0.5, 0.6) is 0 Å². The zero-order chi connectivity index (χ0) is 24.0. The first kappa shape index (κ1) is 23.6.